The molecule has 0 aromatic carbocycles. The van der Waals surface area contributed by atoms with E-state index in [1.165, 1.54) is 0 Å². The van der Waals surface area contributed by atoms with E-state index in [0.717, 1.165) is 19.3 Å². The van der Waals surface area contributed by atoms with Crippen LogP contribution in [-0.4, -0.2) is 48.0 Å². The first kappa shape index (κ1) is 28.6. The normalized spacial score (nSPS) is 13.4. The molecule has 0 bridgehead atoms. The summed E-state index contributed by atoms with van der Waals surface area (Å²) in [5.74, 6) is -25.0. The van der Waals surface area contributed by atoms with Gasteiger partial charge in [0.05, 0.1) is 25.2 Å². The minimum atomic E-state index is -6.38. The van der Waals surface area contributed by atoms with Gasteiger partial charge in [0.1, 0.15) is 0 Å². The molecule has 0 amide bonds. The van der Waals surface area contributed by atoms with Crippen molar-refractivity contribution in [2.75, 3.05) is 13.2 Å². The highest BCUT2D eigenvalue weighted by Crippen LogP contribution is 2.54. The average Bonchev–Trinajstić information content (AvgIpc) is 2.65. The summed E-state index contributed by atoms with van der Waals surface area (Å²) in [6, 6.07) is 0. The summed E-state index contributed by atoms with van der Waals surface area (Å²) in [5.41, 5.74) is -0.586. The summed E-state index contributed by atoms with van der Waals surface area (Å²) in [7, 11) is 0. The summed E-state index contributed by atoms with van der Waals surface area (Å²) in [5, 5.41) is 8.58. The Balaban J connectivity index is 4.92. The average molecular weight is 456 g/mol. The van der Waals surface area contributed by atoms with Crippen molar-refractivity contribution in [1.82, 2.24) is 0 Å². The van der Waals surface area contributed by atoms with E-state index in [-0.39, 0.29) is 6.42 Å². The molecule has 0 heterocycles. The van der Waals surface area contributed by atoms with Crippen molar-refractivity contribution >= 4 is 5.97 Å². The van der Waals surface area contributed by atoms with Crippen LogP contribution in [0.25, 0.3) is 0 Å². The van der Waals surface area contributed by atoms with E-state index < -0.39 is 67.7 Å². The molecule has 0 saturated carbocycles. The molecular weight excluding hydrogens is 428 g/mol. The third-order valence-electron chi connectivity index (χ3n) is 4.54. The first-order valence-electron chi connectivity index (χ1n) is 9.65. The lowest BCUT2D eigenvalue weighted by Crippen LogP contribution is -2.62. The fourth-order valence-electron chi connectivity index (χ4n) is 2.52. The predicted molar refractivity (Wildman–Crippen MR) is 94.2 cm³/mol. The van der Waals surface area contributed by atoms with E-state index in [9.17, 15) is 39.9 Å². The molecule has 0 aromatic rings. The fourth-order valence-corrected chi connectivity index (χ4v) is 2.52. The Labute approximate surface area is 170 Å². The molecule has 0 unspecified atom stereocenters. The third kappa shape index (κ3) is 7.39. The van der Waals surface area contributed by atoms with Crippen LogP contribution in [0.5, 0.6) is 0 Å². The number of hydrogen-bond donors (Lipinski definition) is 1. The summed E-state index contributed by atoms with van der Waals surface area (Å²) >= 11 is 0. The van der Waals surface area contributed by atoms with Gasteiger partial charge in [-0.05, 0) is 6.42 Å². The number of rotatable bonds is 16. The molecule has 0 radical (unpaired) electrons. The molecule has 0 aromatic heterocycles. The zero-order chi connectivity index (χ0) is 23.6. The molecule has 0 aliphatic carbocycles. The molecule has 0 spiro atoms. The topological polar surface area (TPSA) is 46.5 Å². The SMILES string of the molecule is C=C(CO)C(=O)OCCC(F)(F)C(F)(F)C(F)(F)C(F)(F)CCCCCCCCC. The molecule has 0 saturated heterocycles. The number of aliphatic hydroxyl groups is 1. The van der Waals surface area contributed by atoms with Crippen LogP contribution in [0.3, 0.4) is 0 Å². The Morgan fingerprint density at radius 3 is 1.70 bits per heavy atom. The number of alkyl halides is 8. The van der Waals surface area contributed by atoms with Gasteiger partial charge >= 0.3 is 29.7 Å². The Morgan fingerprint density at radius 2 is 1.23 bits per heavy atom. The number of carbonyl (C=O) groups excluding carboxylic acids is 1. The van der Waals surface area contributed by atoms with Gasteiger partial charge in [-0.3, -0.25) is 0 Å². The van der Waals surface area contributed by atoms with Gasteiger partial charge in [0.25, 0.3) is 0 Å². The lowest BCUT2D eigenvalue weighted by molar-refractivity contribution is -0.368. The molecule has 0 rings (SSSR count). The van der Waals surface area contributed by atoms with Crippen molar-refractivity contribution in [3.8, 4) is 0 Å². The van der Waals surface area contributed by atoms with Gasteiger partial charge in [-0.25, -0.2) is 4.79 Å². The van der Waals surface area contributed by atoms with E-state index in [4.69, 9.17) is 5.11 Å². The van der Waals surface area contributed by atoms with Gasteiger partial charge in [0.2, 0.25) is 0 Å². The molecule has 178 valence electrons. The Morgan fingerprint density at radius 1 is 0.800 bits per heavy atom. The maximum Gasteiger partial charge on any atom is 0.378 e. The highest BCUT2D eigenvalue weighted by molar-refractivity contribution is 5.87. The third-order valence-corrected chi connectivity index (χ3v) is 4.54. The number of hydrogen-bond acceptors (Lipinski definition) is 3. The standard InChI is InChI=1S/C19H28F8O3/c1-3-4-5-6-7-8-9-10-16(20,21)18(24,25)19(26,27)17(22,23)11-12-30-15(29)14(2)13-28/h28H,2-13H2,1H3. The molecule has 0 fully saturated rings. The van der Waals surface area contributed by atoms with Crippen LogP contribution in [0.1, 0.15) is 64.7 Å². The first-order chi connectivity index (χ1) is 13.7. The van der Waals surface area contributed by atoms with Crippen LogP contribution in [0.4, 0.5) is 35.1 Å². The van der Waals surface area contributed by atoms with Crippen LogP contribution in [0.15, 0.2) is 12.2 Å². The van der Waals surface area contributed by atoms with Crippen LogP contribution >= 0.6 is 0 Å². The lowest BCUT2D eigenvalue weighted by atomic mass is 9.93. The van der Waals surface area contributed by atoms with Gasteiger partial charge in [-0.1, -0.05) is 52.0 Å². The second kappa shape index (κ2) is 11.9. The minimum Gasteiger partial charge on any atom is -0.462 e. The monoisotopic (exact) mass is 456 g/mol. The number of halogens is 8. The van der Waals surface area contributed by atoms with Crippen molar-refractivity contribution < 1.29 is 49.8 Å². The van der Waals surface area contributed by atoms with Crippen LogP contribution in [0, 0.1) is 0 Å². The summed E-state index contributed by atoms with van der Waals surface area (Å²) in [6.45, 7) is 2.57. The molecule has 3 nitrogen and oxygen atoms in total. The molecule has 30 heavy (non-hydrogen) atoms. The molecule has 0 atom stereocenters. The highest BCUT2D eigenvalue weighted by atomic mass is 19.4. The quantitative estimate of drug-likeness (QED) is 0.131. The lowest BCUT2D eigenvalue weighted by Gasteiger charge is -2.36. The summed E-state index contributed by atoms with van der Waals surface area (Å²) in [6.07, 6.45) is -0.423. The van der Waals surface area contributed by atoms with Crippen LogP contribution in [-0.2, 0) is 9.53 Å². The maximum atomic E-state index is 13.8. The molecule has 0 aliphatic heterocycles. The highest BCUT2D eigenvalue weighted by Gasteiger charge is 2.79. The maximum absolute atomic E-state index is 13.8. The van der Waals surface area contributed by atoms with Gasteiger partial charge in [-0.2, -0.15) is 35.1 Å². The first-order valence-corrected chi connectivity index (χ1v) is 9.65. The molecule has 11 heteroatoms. The second-order valence-corrected chi connectivity index (χ2v) is 7.08. The smallest absolute Gasteiger partial charge is 0.378 e. The van der Waals surface area contributed by atoms with Crippen LogP contribution < -0.4 is 0 Å². The zero-order valence-electron chi connectivity index (χ0n) is 16.8. The molecule has 0 aliphatic rings. The van der Waals surface area contributed by atoms with Crippen LogP contribution in [0.2, 0.25) is 0 Å². The van der Waals surface area contributed by atoms with E-state index in [1.54, 1.807) is 0 Å². The van der Waals surface area contributed by atoms with E-state index in [1.807, 2.05) is 6.92 Å². The number of esters is 1. The van der Waals surface area contributed by atoms with Crippen molar-refractivity contribution in [3.63, 3.8) is 0 Å². The minimum absolute atomic E-state index is 0.0854. The number of carbonyl (C=O) groups is 1. The Kier molecular flexibility index (Phi) is 11.3. The predicted octanol–water partition coefficient (Wildman–Crippen LogP) is 6.15. The largest absolute Gasteiger partial charge is 0.462 e. The number of ether oxygens (including phenoxy) is 1. The Hall–Kier alpha value is -1.39. The van der Waals surface area contributed by atoms with E-state index >= 15 is 0 Å². The van der Waals surface area contributed by atoms with Gasteiger partial charge in [-0.15, -0.1) is 0 Å². The summed E-state index contributed by atoms with van der Waals surface area (Å²) < 4.78 is 114. The second-order valence-electron chi connectivity index (χ2n) is 7.08. The molecular formula is C19H28F8O3. The number of unbranched alkanes of at least 4 members (excludes halogenated alkanes) is 6. The van der Waals surface area contributed by atoms with Gasteiger partial charge in [0, 0.05) is 6.42 Å². The fraction of sp³-hybridized carbons (Fsp3) is 0.842. The van der Waals surface area contributed by atoms with Gasteiger partial charge in [0.15, 0.2) is 0 Å². The molecule has 1 N–H and O–H groups in total. The van der Waals surface area contributed by atoms with Crippen molar-refractivity contribution in [2.45, 2.75) is 88.4 Å². The van der Waals surface area contributed by atoms with E-state index in [2.05, 4.69) is 11.3 Å². The van der Waals surface area contributed by atoms with Crippen molar-refractivity contribution in [1.29, 1.82) is 0 Å². The summed E-state index contributed by atoms with van der Waals surface area (Å²) in [4.78, 5) is 11.1. The van der Waals surface area contributed by atoms with Crippen molar-refractivity contribution in [3.05, 3.63) is 12.2 Å². The zero-order valence-corrected chi connectivity index (χ0v) is 16.8. The Bertz CT molecular complexity index is 550. The van der Waals surface area contributed by atoms with Crippen molar-refractivity contribution in [2.24, 2.45) is 0 Å². The van der Waals surface area contributed by atoms with E-state index in [0.29, 0.717) is 12.8 Å². The van der Waals surface area contributed by atoms with Gasteiger partial charge < -0.3 is 9.84 Å². The number of aliphatic hydroxyl groups excluding tert-OH is 1.